The molecule has 1 aliphatic heterocycles. The van der Waals surface area contributed by atoms with Gasteiger partial charge in [-0.2, -0.15) is 0 Å². The number of imide groups is 1. The van der Waals surface area contributed by atoms with Crippen molar-refractivity contribution in [2.75, 3.05) is 11.9 Å². The third-order valence-corrected chi connectivity index (χ3v) is 9.65. The van der Waals surface area contributed by atoms with Crippen LogP contribution >= 0.6 is 43.5 Å². The highest BCUT2D eigenvalue weighted by Gasteiger charge is 2.67. The Hall–Kier alpha value is -1.45. The fourth-order valence-corrected chi connectivity index (χ4v) is 6.94. The molecule has 0 aromatic heterocycles. The summed E-state index contributed by atoms with van der Waals surface area (Å²) in [5, 5.41) is 3.03. The first-order valence-electron chi connectivity index (χ1n) is 9.57. The molecule has 3 aliphatic rings. The van der Waals surface area contributed by atoms with E-state index in [-0.39, 0.29) is 33.3 Å². The average Bonchev–Trinajstić information content (AvgIpc) is 3.30. The van der Waals surface area contributed by atoms with E-state index in [1.165, 1.54) is 6.92 Å². The third-order valence-electron chi connectivity index (χ3n) is 6.20. The highest BCUT2D eigenvalue weighted by molar-refractivity contribution is 9.12. The predicted octanol–water partition coefficient (Wildman–Crippen LogP) is 2.99. The first-order valence-corrected chi connectivity index (χ1v) is 11.8. The maximum Gasteiger partial charge on any atom is 0.329 e. The monoisotopic (exact) mass is 560 g/mol. The number of likely N-dealkylation sites (tertiary alicyclic amines) is 1. The summed E-state index contributed by atoms with van der Waals surface area (Å²) in [6.07, 6.45) is 0.814. The number of alkyl halides is 2. The summed E-state index contributed by atoms with van der Waals surface area (Å²) in [4.78, 5) is 51.7. The Bertz CT molecular complexity index is 896. The smallest absolute Gasteiger partial charge is 0.329 e. The molecule has 1 saturated heterocycles. The number of carbonyl (C=O) groups excluding carboxylic acids is 4. The Morgan fingerprint density at radius 2 is 1.80 bits per heavy atom. The number of ether oxygens (including phenoxy) is 1. The number of hydrogen-bond acceptors (Lipinski definition) is 5. The van der Waals surface area contributed by atoms with Gasteiger partial charge in [0.25, 0.3) is 5.91 Å². The van der Waals surface area contributed by atoms with Gasteiger partial charge in [0.05, 0.1) is 11.8 Å². The Labute approximate surface area is 195 Å². The molecule has 0 spiro atoms. The number of benzene rings is 1. The molecule has 0 unspecified atom stereocenters. The molecule has 3 fully saturated rings. The second kappa shape index (κ2) is 8.24. The van der Waals surface area contributed by atoms with Crippen molar-refractivity contribution in [2.24, 2.45) is 23.7 Å². The van der Waals surface area contributed by atoms with Crippen LogP contribution in [0.5, 0.6) is 0 Å². The second-order valence-electron chi connectivity index (χ2n) is 7.89. The zero-order chi connectivity index (χ0) is 21.7. The Balaban J connectivity index is 1.37. The minimum Gasteiger partial charge on any atom is -0.454 e. The highest BCUT2D eigenvalue weighted by atomic mass is 79.9. The number of hydrogen-bond donors (Lipinski definition) is 1. The molecule has 160 valence electrons. The van der Waals surface area contributed by atoms with Crippen molar-refractivity contribution < 1.29 is 23.9 Å². The molecule has 7 nitrogen and oxygen atoms in total. The number of esters is 1. The van der Waals surface area contributed by atoms with Gasteiger partial charge in [0.15, 0.2) is 6.61 Å². The van der Waals surface area contributed by atoms with Crippen molar-refractivity contribution in [3.8, 4) is 0 Å². The van der Waals surface area contributed by atoms with E-state index in [1.54, 1.807) is 24.3 Å². The van der Waals surface area contributed by atoms with E-state index in [2.05, 4.69) is 37.2 Å². The van der Waals surface area contributed by atoms with E-state index in [0.717, 1.165) is 11.3 Å². The molecule has 0 radical (unpaired) electrons. The zero-order valence-electron chi connectivity index (χ0n) is 15.9. The van der Waals surface area contributed by atoms with Crippen molar-refractivity contribution in [1.29, 1.82) is 0 Å². The molecule has 10 heteroatoms. The fraction of sp³-hybridized carbons (Fsp3) is 0.500. The van der Waals surface area contributed by atoms with Gasteiger partial charge in [-0.3, -0.25) is 19.3 Å². The molecule has 2 aliphatic carbocycles. The topological polar surface area (TPSA) is 92.8 Å². The van der Waals surface area contributed by atoms with Crippen LogP contribution in [0.1, 0.15) is 13.3 Å². The number of fused-ring (bicyclic) bond motifs is 5. The molecule has 4 rings (SSSR count). The number of amides is 3. The summed E-state index contributed by atoms with van der Waals surface area (Å²) in [6, 6.07) is 5.47. The van der Waals surface area contributed by atoms with Gasteiger partial charge in [-0.25, -0.2) is 4.79 Å². The molecule has 3 amide bonds. The van der Waals surface area contributed by atoms with Crippen molar-refractivity contribution in [1.82, 2.24) is 4.90 Å². The van der Waals surface area contributed by atoms with Crippen LogP contribution in [0.3, 0.4) is 0 Å². The third kappa shape index (κ3) is 3.58. The normalized spacial score (nSPS) is 32.9. The minimum atomic E-state index is -1.09. The molecular weight excluding hydrogens is 543 g/mol. The number of carbonyl (C=O) groups is 4. The van der Waals surface area contributed by atoms with Crippen LogP contribution in [0.15, 0.2) is 24.3 Å². The summed E-state index contributed by atoms with van der Waals surface area (Å²) in [5.41, 5.74) is 0.471. The predicted molar refractivity (Wildman–Crippen MR) is 116 cm³/mol. The average molecular weight is 563 g/mol. The van der Waals surface area contributed by atoms with Gasteiger partial charge < -0.3 is 10.1 Å². The van der Waals surface area contributed by atoms with Crippen LogP contribution in [0.4, 0.5) is 5.69 Å². The van der Waals surface area contributed by atoms with Gasteiger partial charge in [-0.15, -0.1) is 0 Å². The molecule has 2 bridgehead atoms. The Kier molecular flexibility index (Phi) is 5.98. The van der Waals surface area contributed by atoms with Crippen LogP contribution in [0.25, 0.3) is 0 Å². The standard InChI is InChI=1S/C20H19Br2ClN2O5/c1-8(20(29)30-7-13(26)24-10-4-2-3-9(23)5-10)25-18(27)14-11-6-12(15(14)19(25)28)17(22)16(11)21/h2-5,8,11-12,14-17H,6-7H2,1H3,(H,24,26)/t8-,11-,12-,14-,15+,16+,17+/m1/s1. The molecule has 30 heavy (non-hydrogen) atoms. The highest BCUT2D eigenvalue weighted by Crippen LogP contribution is 2.60. The van der Waals surface area contributed by atoms with E-state index < -0.39 is 36.4 Å². The second-order valence-corrected chi connectivity index (χ2v) is 10.4. The first kappa shape index (κ1) is 21.8. The van der Waals surface area contributed by atoms with Gasteiger partial charge in [0.1, 0.15) is 6.04 Å². The van der Waals surface area contributed by atoms with Crippen LogP contribution in [0.2, 0.25) is 5.02 Å². The number of rotatable bonds is 5. The van der Waals surface area contributed by atoms with E-state index >= 15 is 0 Å². The lowest BCUT2D eigenvalue weighted by molar-refractivity contribution is -0.159. The number of nitrogens with zero attached hydrogens (tertiary/aromatic N) is 1. The quantitative estimate of drug-likeness (QED) is 0.339. The molecule has 1 aromatic carbocycles. The van der Waals surface area contributed by atoms with Crippen LogP contribution in [0, 0.1) is 23.7 Å². The SMILES string of the molecule is C[C@H](C(=O)OCC(=O)Nc1cccc(Cl)c1)N1C(=O)[C@@H]2[C@H]3C[C@@H]([C@H](Br)[C@H]3Br)[C@@H]2C1=O. The summed E-state index contributed by atoms with van der Waals surface area (Å²) in [7, 11) is 0. The van der Waals surface area contributed by atoms with E-state index in [1.807, 2.05) is 0 Å². The molecular formula is C20H19Br2ClN2O5. The minimum absolute atomic E-state index is 0.0671. The fourth-order valence-electron chi connectivity index (χ4n) is 4.88. The van der Waals surface area contributed by atoms with Crippen LogP contribution < -0.4 is 5.32 Å². The van der Waals surface area contributed by atoms with Crippen molar-refractivity contribution >= 4 is 72.8 Å². The Morgan fingerprint density at radius 1 is 1.20 bits per heavy atom. The molecule has 1 N–H and O–H groups in total. The van der Waals surface area contributed by atoms with Gasteiger partial charge in [0, 0.05) is 20.4 Å². The number of anilines is 1. The zero-order valence-corrected chi connectivity index (χ0v) is 19.8. The van der Waals surface area contributed by atoms with Crippen molar-refractivity contribution in [3.05, 3.63) is 29.3 Å². The van der Waals surface area contributed by atoms with Gasteiger partial charge in [-0.1, -0.05) is 49.5 Å². The Morgan fingerprint density at radius 3 is 2.37 bits per heavy atom. The lowest BCUT2D eigenvalue weighted by Crippen LogP contribution is -2.45. The molecule has 1 aromatic rings. The van der Waals surface area contributed by atoms with Gasteiger partial charge in [0.2, 0.25) is 11.8 Å². The molecule has 1 heterocycles. The number of nitrogens with one attached hydrogen (secondary N) is 1. The molecule has 7 atom stereocenters. The van der Waals surface area contributed by atoms with Crippen LogP contribution in [-0.2, 0) is 23.9 Å². The largest absolute Gasteiger partial charge is 0.454 e. The van der Waals surface area contributed by atoms with Gasteiger partial charge in [-0.05, 0) is 43.4 Å². The summed E-state index contributed by atoms with van der Waals surface area (Å²) >= 11 is 13.1. The van der Waals surface area contributed by atoms with E-state index in [4.69, 9.17) is 16.3 Å². The van der Waals surface area contributed by atoms with Crippen molar-refractivity contribution in [3.63, 3.8) is 0 Å². The lowest BCUT2D eigenvalue weighted by atomic mass is 9.81. The van der Waals surface area contributed by atoms with E-state index in [9.17, 15) is 19.2 Å². The summed E-state index contributed by atoms with van der Waals surface area (Å²) in [5.74, 6) is -2.66. The maximum absolute atomic E-state index is 13.0. The van der Waals surface area contributed by atoms with Crippen LogP contribution in [-0.4, -0.2) is 50.9 Å². The number of halogens is 3. The van der Waals surface area contributed by atoms with E-state index in [0.29, 0.717) is 10.7 Å². The summed E-state index contributed by atoms with van der Waals surface area (Å²) < 4.78 is 5.06. The van der Waals surface area contributed by atoms with Crippen molar-refractivity contribution in [2.45, 2.75) is 29.0 Å². The summed E-state index contributed by atoms with van der Waals surface area (Å²) in [6.45, 7) is 0.921. The first-order chi connectivity index (χ1) is 14.2. The lowest BCUT2D eigenvalue weighted by Gasteiger charge is -2.28. The van der Waals surface area contributed by atoms with Gasteiger partial charge >= 0.3 is 5.97 Å². The maximum atomic E-state index is 13.0. The molecule has 2 saturated carbocycles.